The van der Waals surface area contributed by atoms with Crippen LogP contribution in [0.3, 0.4) is 0 Å². The molecule has 0 amide bonds. The molecule has 3 rings (SSSR count). The SMILES string of the molecule is CC1(C)C2CCC1(C)C(C(CCOc1ccccc1)C(=O)O)C2. The van der Waals surface area contributed by atoms with Crippen LogP contribution in [0.1, 0.15) is 46.5 Å². The molecule has 0 radical (unpaired) electrons. The van der Waals surface area contributed by atoms with E-state index in [4.69, 9.17) is 4.74 Å². The maximum absolute atomic E-state index is 11.9. The molecule has 2 saturated carbocycles. The number of hydrogen-bond donors (Lipinski definition) is 1. The van der Waals surface area contributed by atoms with E-state index in [1.807, 2.05) is 30.3 Å². The summed E-state index contributed by atoms with van der Waals surface area (Å²) in [5.41, 5.74) is 0.402. The summed E-state index contributed by atoms with van der Waals surface area (Å²) in [7, 11) is 0. The number of para-hydroxylation sites is 1. The monoisotopic (exact) mass is 316 g/mol. The van der Waals surface area contributed by atoms with Crippen LogP contribution in [0.4, 0.5) is 0 Å². The van der Waals surface area contributed by atoms with Crippen molar-refractivity contribution >= 4 is 5.97 Å². The number of benzene rings is 1. The smallest absolute Gasteiger partial charge is 0.306 e. The molecule has 1 aromatic carbocycles. The van der Waals surface area contributed by atoms with Crippen LogP contribution in [0.25, 0.3) is 0 Å². The maximum atomic E-state index is 11.9. The molecule has 4 unspecified atom stereocenters. The molecule has 2 aliphatic rings. The Balaban J connectivity index is 1.67. The summed E-state index contributed by atoms with van der Waals surface area (Å²) in [6.07, 6.45) is 4.07. The molecule has 0 spiro atoms. The van der Waals surface area contributed by atoms with E-state index in [0.29, 0.717) is 18.9 Å². The molecule has 3 nitrogen and oxygen atoms in total. The van der Waals surface area contributed by atoms with Crippen LogP contribution in [0.15, 0.2) is 30.3 Å². The van der Waals surface area contributed by atoms with Gasteiger partial charge in [-0.15, -0.1) is 0 Å². The van der Waals surface area contributed by atoms with Gasteiger partial charge in [-0.3, -0.25) is 4.79 Å². The number of carboxylic acids is 1. The van der Waals surface area contributed by atoms with Crippen molar-refractivity contribution in [2.24, 2.45) is 28.6 Å². The summed E-state index contributed by atoms with van der Waals surface area (Å²) in [5.74, 6) is 0.808. The number of fused-ring (bicyclic) bond motifs is 2. The number of carbonyl (C=O) groups is 1. The molecule has 2 aliphatic carbocycles. The van der Waals surface area contributed by atoms with Crippen LogP contribution in [0.2, 0.25) is 0 Å². The largest absolute Gasteiger partial charge is 0.494 e. The number of aliphatic carboxylic acids is 1. The number of carboxylic acid groups (broad SMARTS) is 1. The van der Waals surface area contributed by atoms with Crippen molar-refractivity contribution in [1.29, 1.82) is 0 Å². The average Bonchev–Trinajstić information content (AvgIpc) is 2.85. The van der Waals surface area contributed by atoms with Gasteiger partial charge in [-0.1, -0.05) is 39.0 Å². The number of rotatable bonds is 6. The lowest BCUT2D eigenvalue weighted by Crippen LogP contribution is -2.39. The molecule has 0 saturated heterocycles. The first kappa shape index (κ1) is 16.4. The molecule has 4 atom stereocenters. The summed E-state index contributed by atoms with van der Waals surface area (Å²) >= 11 is 0. The predicted molar refractivity (Wildman–Crippen MR) is 90.4 cm³/mol. The molecule has 1 N–H and O–H groups in total. The Bertz CT molecular complexity index is 566. The van der Waals surface area contributed by atoms with Gasteiger partial charge in [-0.05, 0) is 60.5 Å². The molecule has 2 bridgehead atoms. The first-order valence-corrected chi connectivity index (χ1v) is 8.77. The van der Waals surface area contributed by atoms with Crippen molar-refractivity contribution in [1.82, 2.24) is 0 Å². The topological polar surface area (TPSA) is 46.5 Å². The van der Waals surface area contributed by atoms with E-state index in [1.165, 1.54) is 12.8 Å². The van der Waals surface area contributed by atoms with Crippen LogP contribution in [-0.2, 0) is 4.79 Å². The highest BCUT2D eigenvalue weighted by Crippen LogP contribution is 2.69. The fourth-order valence-corrected chi connectivity index (χ4v) is 5.19. The minimum Gasteiger partial charge on any atom is -0.494 e. The van der Waals surface area contributed by atoms with Crippen LogP contribution < -0.4 is 4.74 Å². The normalized spacial score (nSPS) is 32.7. The molecule has 1 aromatic rings. The summed E-state index contributed by atoms with van der Waals surface area (Å²) in [6.45, 7) is 7.46. The molecule has 2 fully saturated rings. The van der Waals surface area contributed by atoms with Gasteiger partial charge in [-0.25, -0.2) is 0 Å². The van der Waals surface area contributed by atoms with Crippen molar-refractivity contribution in [3.8, 4) is 5.75 Å². The summed E-state index contributed by atoms with van der Waals surface area (Å²) in [4.78, 5) is 11.9. The Kier molecular flexibility index (Phi) is 4.16. The zero-order valence-corrected chi connectivity index (χ0v) is 14.4. The molecule has 126 valence electrons. The van der Waals surface area contributed by atoms with Crippen molar-refractivity contribution in [2.75, 3.05) is 6.61 Å². The Labute approximate surface area is 139 Å². The second-order valence-electron chi connectivity index (χ2n) is 8.11. The predicted octanol–water partition coefficient (Wildman–Crippen LogP) is 4.62. The maximum Gasteiger partial charge on any atom is 0.306 e. The molecule has 0 heterocycles. The van der Waals surface area contributed by atoms with E-state index in [-0.39, 0.29) is 22.7 Å². The van der Waals surface area contributed by atoms with Gasteiger partial charge < -0.3 is 9.84 Å². The molecule has 3 heteroatoms. The van der Waals surface area contributed by atoms with Crippen molar-refractivity contribution in [3.63, 3.8) is 0 Å². The number of hydrogen-bond acceptors (Lipinski definition) is 2. The summed E-state index contributed by atoms with van der Waals surface area (Å²) in [6, 6.07) is 9.65. The molecule has 0 aromatic heterocycles. The zero-order valence-electron chi connectivity index (χ0n) is 14.4. The highest BCUT2D eigenvalue weighted by molar-refractivity contribution is 5.70. The second kappa shape index (κ2) is 5.85. The van der Waals surface area contributed by atoms with Gasteiger partial charge in [0, 0.05) is 0 Å². The molecule has 0 aliphatic heterocycles. The van der Waals surface area contributed by atoms with E-state index in [2.05, 4.69) is 20.8 Å². The van der Waals surface area contributed by atoms with E-state index in [1.54, 1.807) is 0 Å². The van der Waals surface area contributed by atoms with Gasteiger partial charge in [0.1, 0.15) is 5.75 Å². The van der Waals surface area contributed by atoms with Crippen LogP contribution in [0.5, 0.6) is 5.75 Å². The van der Waals surface area contributed by atoms with E-state index < -0.39 is 5.97 Å². The van der Waals surface area contributed by atoms with Crippen LogP contribution >= 0.6 is 0 Å². The van der Waals surface area contributed by atoms with Crippen molar-refractivity contribution in [3.05, 3.63) is 30.3 Å². The first-order valence-electron chi connectivity index (χ1n) is 8.77. The van der Waals surface area contributed by atoms with E-state index in [0.717, 1.165) is 12.2 Å². The van der Waals surface area contributed by atoms with Gasteiger partial charge in [0.15, 0.2) is 0 Å². The summed E-state index contributed by atoms with van der Waals surface area (Å²) in [5, 5.41) is 9.79. The second-order valence-corrected chi connectivity index (χ2v) is 8.11. The highest BCUT2D eigenvalue weighted by Gasteiger charge is 2.63. The fraction of sp³-hybridized carbons (Fsp3) is 0.650. The fourth-order valence-electron chi connectivity index (χ4n) is 5.19. The molecular weight excluding hydrogens is 288 g/mol. The summed E-state index contributed by atoms with van der Waals surface area (Å²) < 4.78 is 5.75. The molecule has 23 heavy (non-hydrogen) atoms. The number of ether oxygens (including phenoxy) is 1. The van der Waals surface area contributed by atoms with E-state index >= 15 is 0 Å². The van der Waals surface area contributed by atoms with Crippen molar-refractivity contribution in [2.45, 2.75) is 46.5 Å². The van der Waals surface area contributed by atoms with Gasteiger partial charge >= 0.3 is 5.97 Å². The first-order chi connectivity index (χ1) is 10.9. The third-order valence-corrected chi connectivity index (χ3v) is 7.11. The lowest BCUT2D eigenvalue weighted by Gasteiger charge is -2.41. The van der Waals surface area contributed by atoms with Gasteiger partial charge in [-0.2, -0.15) is 0 Å². The Morgan fingerprint density at radius 1 is 1.30 bits per heavy atom. The highest BCUT2D eigenvalue weighted by atomic mass is 16.5. The minimum atomic E-state index is -0.656. The zero-order chi connectivity index (χ0) is 16.7. The van der Waals surface area contributed by atoms with Gasteiger partial charge in [0.05, 0.1) is 12.5 Å². The third-order valence-electron chi connectivity index (χ3n) is 7.11. The van der Waals surface area contributed by atoms with Gasteiger partial charge in [0.25, 0.3) is 0 Å². The lowest BCUT2D eigenvalue weighted by molar-refractivity contribution is -0.146. The van der Waals surface area contributed by atoms with Crippen LogP contribution in [-0.4, -0.2) is 17.7 Å². The quantitative estimate of drug-likeness (QED) is 0.833. The van der Waals surface area contributed by atoms with Crippen molar-refractivity contribution < 1.29 is 14.6 Å². The Morgan fingerprint density at radius 2 is 2.00 bits per heavy atom. The lowest BCUT2D eigenvalue weighted by atomic mass is 9.63. The van der Waals surface area contributed by atoms with Crippen LogP contribution in [0, 0.1) is 28.6 Å². The van der Waals surface area contributed by atoms with E-state index in [9.17, 15) is 9.90 Å². The molecular formula is C20H28O3. The Hall–Kier alpha value is -1.51. The van der Waals surface area contributed by atoms with Gasteiger partial charge in [0.2, 0.25) is 0 Å². The third kappa shape index (κ3) is 2.64. The Morgan fingerprint density at radius 3 is 2.52 bits per heavy atom. The minimum absolute atomic E-state index is 0.146. The average molecular weight is 316 g/mol. The standard InChI is InChI=1S/C20H28O3/c1-19(2)14-9-11-20(19,3)17(13-14)16(18(21)22)10-12-23-15-7-5-4-6-8-15/h4-8,14,16-17H,9-13H2,1-3H3,(H,21,22).